The quantitative estimate of drug-likeness (QED) is 0.481. The third kappa shape index (κ3) is 6.66. The highest BCUT2D eigenvalue weighted by atomic mass is 15.1. The molecule has 0 spiro atoms. The maximum Gasteiger partial charge on any atom is 0.224 e. The highest BCUT2D eigenvalue weighted by molar-refractivity contribution is 5.72. The molecule has 2 aromatic heterocycles. The summed E-state index contributed by atoms with van der Waals surface area (Å²) in [5.74, 6) is 1.54. The van der Waals surface area contributed by atoms with E-state index >= 15 is 0 Å². The molecule has 0 aliphatic carbocycles. The molecule has 30 heavy (non-hydrogen) atoms. The monoisotopic (exact) mass is 410 g/mol. The van der Waals surface area contributed by atoms with E-state index in [-0.39, 0.29) is 0 Å². The van der Waals surface area contributed by atoms with Crippen LogP contribution in [0.5, 0.6) is 0 Å². The van der Waals surface area contributed by atoms with E-state index in [1.54, 1.807) is 0 Å². The van der Waals surface area contributed by atoms with Crippen molar-refractivity contribution >= 4 is 11.8 Å². The van der Waals surface area contributed by atoms with Gasteiger partial charge in [0.1, 0.15) is 5.82 Å². The molecule has 1 saturated heterocycles. The Labute approximate surface area is 181 Å². The van der Waals surface area contributed by atoms with Crippen LogP contribution >= 0.6 is 0 Å². The van der Waals surface area contributed by atoms with Gasteiger partial charge in [0.15, 0.2) is 0 Å². The van der Waals surface area contributed by atoms with Gasteiger partial charge in [-0.1, -0.05) is 32.8 Å². The van der Waals surface area contributed by atoms with E-state index in [9.17, 15) is 0 Å². The summed E-state index contributed by atoms with van der Waals surface area (Å²) in [5.41, 5.74) is 3.18. The van der Waals surface area contributed by atoms with Crippen molar-refractivity contribution < 1.29 is 0 Å². The van der Waals surface area contributed by atoms with Gasteiger partial charge >= 0.3 is 0 Å². The molecule has 6 heteroatoms. The van der Waals surface area contributed by atoms with Crippen molar-refractivity contribution in [3.8, 4) is 11.3 Å². The van der Waals surface area contributed by atoms with E-state index in [1.807, 2.05) is 12.4 Å². The number of hydrogen-bond acceptors (Lipinski definition) is 6. The van der Waals surface area contributed by atoms with Crippen LogP contribution in [0.3, 0.4) is 0 Å². The van der Waals surface area contributed by atoms with Gasteiger partial charge in [0.05, 0.1) is 11.3 Å². The van der Waals surface area contributed by atoms with Gasteiger partial charge in [0, 0.05) is 31.5 Å². The minimum absolute atomic E-state index is 0.354. The topological polar surface area (TPSA) is 66.0 Å². The number of hydrogen-bond donors (Lipinski definition) is 2. The zero-order valence-corrected chi connectivity index (χ0v) is 19.0. The summed E-state index contributed by atoms with van der Waals surface area (Å²) in [5, 5.41) is 6.91. The van der Waals surface area contributed by atoms with Crippen LogP contribution in [0.15, 0.2) is 24.5 Å². The second kappa shape index (κ2) is 11.8. The predicted octanol–water partition coefficient (Wildman–Crippen LogP) is 4.99. The van der Waals surface area contributed by atoms with Gasteiger partial charge in [0.25, 0.3) is 0 Å². The van der Waals surface area contributed by atoms with Crippen molar-refractivity contribution in [2.45, 2.75) is 71.8 Å². The van der Waals surface area contributed by atoms with Crippen molar-refractivity contribution in [3.63, 3.8) is 0 Å². The van der Waals surface area contributed by atoms with Gasteiger partial charge in [0.2, 0.25) is 5.95 Å². The number of nitrogens with zero attached hydrogens (tertiary/aromatic N) is 4. The Morgan fingerprint density at radius 2 is 1.90 bits per heavy atom. The molecule has 1 atom stereocenters. The summed E-state index contributed by atoms with van der Waals surface area (Å²) in [6, 6.07) is 4.66. The summed E-state index contributed by atoms with van der Waals surface area (Å²) in [6.45, 7) is 11.1. The lowest BCUT2D eigenvalue weighted by atomic mass is 10.1. The van der Waals surface area contributed by atoms with E-state index in [0.717, 1.165) is 62.3 Å². The first kappa shape index (κ1) is 22.5. The number of rotatable bonds is 12. The van der Waals surface area contributed by atoms with Crippen LogP contribution in [0, 0.1) is 0 Å². The SMILES string of the molecule is CCCCNc1ncc(-c2ccc(CCN3CCCC3)cn2)c(N[C@H](C)CCC)n1. The molecular formula is C24H38N6. The molecule has 1 fully saturated rings. The zero-order chi connectivity index (χ0) is 21.2. The molecule has 3 rings (SSSR count). The van der Waals surface area contributed by atoms with Crippen LogP contribution in [0.25, 0.3) is 11.3 Å². The number of pyridine rings is 1. The molecule has 0 amide bonds. The first-order valence-electron chi connectivity index (χ1n) is 11.7. The minimum Gasteiger partial charge on any atom is -0.367 e. The van der Waals surface area contributed by atoms with Crippen molar-refractivity contribution in [2.75, 3.05) is 36.8 Å². The molecule has 1 aliphatic rings. The first-order chi connectivity index (χ1) is 14.7. The van der Waals surface area contributed by atoms with Gasteiger partial charge < -0.3 is 15.5 Å². The number of nitrogens with one attached hydrogen (secondary N) is 2. The average Bonchev–Trinajstić information content (AvgIpc) is 3.27. The van der Waals surface area contributed by atoms with E-state index < -0.39 is 0 Å². The van der Waals surface area contributed by atoms with Gasteiger partial charge in [-0.3, -0.25) is 4.98 Å². The summed E-state index contributed by atoms with van der Waals surface area (Å²) in [7, 11) is 0. The van der Waals surface area contributed by atoms with Crippen molar-refractivity contribution in [1.82, 2.24) is 19.9 Å². The predicted molar refractivity (Wildman–Crippen MR) is 126 cm³/mol. The molecule has 2 N–H and O–H groups in total. The molecule has 164 valence electrons. The first-order valence-corrected chi connectivity index (χ1v) is 11.7. The highest BCUT2D eigenvalue weighted by Crippen LogP contribution is 2.26. The van der Waals surface area contributed by atoms with Crippen LogP contribution in [-0.4, -0.2) is 52.1 Å². The van der Waals surface area contributed by atoms with E-state index in [0.29, 0.717) is 12.0 Å². The van der Waals surface area contributed by atoms with Crippen LogP contribution in [0.1, 0.15) is 64.9 Å². The molecule has 0 aromatic carbocycles. The second-order valence-corrected chi connectivity index (χ2v) is 8.42. The fraction of sp³-hybridized carbons (Fsp3) is 0.625. The Balaban J connectivity index is 1.72. The number of likely N-dealkylation sites (tertiary alicyclic amines) is 1. The fourth-order valence-corrected chi connectivity index (χ4v) is 3.91. The second-order valence-electron chi connectivity index (χ2n) is 8.42. The average molecular weight is 411 g/mol. The minimum atomic E-state index is 0.354. The molecule has 0 radical (unpaired) electrons. The summed E-state index contributed by atoms with van der Waals surface area (Å²) >= 11 is 0. The lowest BCUT2D eigenvalue weighted by Gasteiger charge is -2.17. The smallest absolute Gasteiger partial charge is 0.224 e. The van der Waals surface area contributed by atoms with Crippen molar-refractivity contribution in [2.24, 2.45) is 0 Å². The molecule has 6 nitrogen and oxygen atoms in total. The highest BCUT2D eigenvalue weighted by Gasteiger charge is 2.14. The van der Waals surface area contributed by atoms with Crippen LogP contribution in [-0.2, 0) is 6.42 Å². The van der Waals surface area contributed by atoms with Crippen LogP contribution < -0.4 is 10.6 Å². The van der Waals surface area contributed by atoms with Gasteiger partial charge in [-0.05, 0) is 63.7 Å². The molecule has 1 aliphatic heterocycles. The zero-order valence-electron chi connectivity index (χ0n) is 19.0. The molecule has 0 unspecified atom stereocenters. The van der Waals surface area contributed by atoms with E-state index in [4.69, 9.17) is 9.97 Å². The third-order valence-electron chi connectivity index (χ3n) is 5.72. The van der Waals surface area contributed by atoms with Crippen molar-refractivity contribution in [3.05, 3.63) is 30.1 Å². The normalized spacial score (nSPS) is 15.3. The maximum absolute atomic E-state index is 4.77. The number of anilines is 2. The molecular weight excluding hydrogens is 372 g/mol. The Bertz CT molecular complexity index is 755. The summed E-state index contributed by atoms with van der Waals surface area (Å²) in [4.78, 5) is 16.6. The molecule has 2 aromatic rings. The Morgan fingerprint density at radius 3 is 2.60 bits per heavy atom. The fourth-order valence-electron chi connectivity index (χ4n) is 3.91. The Morgan fingerprint density at radius 1 is 1.07 bits per heavy atom. The van der Waals surface area contributed by atoms with E-state index in [1.165, 1.54) is 31.5 Å². The van der Waals surface area contributed by atoms with Crippen molar-refractivity contribution in [1.29, 1.82) is 0 Å². The molecule has 0 saturated carbocycles. The van der Waals surface area contributed by atoms with Gasteiger partial charge in [-0.25, -0.2) is 4.98 Å². The van der Waals surface area contributed by atoms with Crippen LogP contribution in [0.4, 0.5) is 11.8 Å². The summed E-state index contributed by atoms with van der Waals surface area (Å²) in [6.07, 6.45) is 12.2. The van der Waals surface area contributed by atoms with E-state index in [2.05, 4.69) is 53.4 Å². The molecule has 0 bridgehead atoms. The molecule has 3 heterocycles. The third-order valence-corrected chi connectivity index (χ3v) is 5.72. The largest absolute Gasteiger partial charge is 0.367 e. The number of aromatic nitrogens is 3. The van der Waals surface area contributed by atoms with Gasteiger partial charge in [-0.2, -0.15) is 4.98 Å². The van der Waals surface area contributed by atoms with Gasteiger partial charge in [-0.15, -0.1) is 0 Å². The Kier molecular flexibility index (Phi) is 8.87. The Hall–Kier alpha value is -2.21. The standard InChI is InChI=1S/C24H38N6/c1-4-6-13-25-24-27-18-21(23(29-24)28-19(3)9-5-2)22-11-10-20(17-26-22)12-16-30-14-7-8-15-30/h10-11,17-19H,4-9,12-16H2,1-3H3,(H2,25,27,28,29)/t19-/m1/s1. The lowest BCUT2D eigenvalue weighted by Crippen LogP contribution is -2.21. The lowest BCUT2D eigenvalue weighted by molar-refractivity contribution is 0.343. The number of unbranched alkanes of at least 4 members (excludes halogenated alkanes) is 1. The van der Waals surface area contributed by atoms with Crippen LogP contribution in [0.2, 0.25) is 0 Å². The maximum atomic E-state index is 4.77. The summed E-state index contributed by atoms with van der Waals surface area (Å²) < 4.78 is 0.